The second-order valence-electron chi connectivity index (χ2n) is 0.500. The minimum absolute atomic E-state index is 0. The maximum absolute atomic E-state index is 8.58. The van der Waals surface area contributed by atoms with Crippen LogP contribution in [0.25, 0.3) is 0 Å². The molecule has 32 valence electrons. The van der Waals surface area contributed by atoms with Gasteiger partial charge in [-0.2, -0.15) is 0 Å². The van der Waals surface area contributed by atoms with Crippen molar-refractivity contribution in [1.82, 2.24) is 0 Å². The van der Waals surface area contributed by atoms with Gasteiger partial charge in [-0.1, -0.05) is 0 Å². The van der Waals surface area contributed by atoms with Crippen LogP contribution in [0.2, 0.25) is 0 Å². The van der Waals surface area contributed by atoms with Crippen molar-refractivity contribution in [2.75, 3.05) is 0 Å². The van der Waals surface area contributed by atoms with Crippen LogP contribution in [0.4, 0.5) is 0 Å². The van der Waals surface area contributed by atoms with Crippen molar-refractivity contribution in [2.24, 2.45) is 0 Å². The molecule has 0 aliphatic heterocycles. The molecule has 0 saturated heterocycles. The smallest absolute Gasteiger partial charge is 0.894 e. The fraction of sp³-hybridized carbons (Fsp3) is 0. The minimum Gasteiger partial charge on any atom is -0.894 e. The first kappa shape index (κ1) is 22.4. The van der Waals surface area contributed by atoms with Gasteiger partial charge in [0.25, 0.3) is 0 Å². The Labute approximate surface area is 105 Å². The fourth-order valence-electron chi connectivity index (χ4n) is 0. The van der Waals surface area contributed by atoms with E-state index in [2.05, 4.69) is 0 Å². The zero-order chi connectivity index (χ0) is 4.50. The van der Waals surface area contributed by atoms with Crippen molar-refractivity contribution >= 4 is 87.2 Å². The summed E-state index contributed by atoms with van der Waals surface area (Å²) in [6.45, 7) is 0. The summed E-state index contributed by atoms with van der Waals surface area (Å²) in [5.74, 6) is 0. The van der Waals surface area contributed by atoms with Crippen LogP contribution in [0.5, 0.6) is 0 Å². The van der Waals surface area contributed by atoms with Gasteiger partial charge in [0.05, 0.1) is 0 Å². The van der Waals surface area contributed by atoms with E-state index in [-0.39, 0.29) is 78.2 Å². The number of rotatable bonds is 0. The molecule has 0 atom stereocenters. The molecule has 0 amide bonds. The topological polar surface area (TPSA) is 92.2 Å². The van der Waals surface area contributed by atoms with Gasteiger partial charge in [-0.05, 0) is 0 Å². The van der Waals surface area contributed by atoms with E-state index in [0.717, 1.165) is 0 Å². The zero-order valence-electron chi connectivity index (χ0n) is 4.12. The quantitative estimate of drug-likeness (QED) is 0.349. The standard InChI is InChI=1S/Al.Ca.Mg.O4Si/c;;;1-5(2,3)4/q+3;2*+2;-4. The maximum atomic E-state index is 8.58. The Bertz CT molecular complexity index is 31.5. The van der Waals surface area contributed by atoms with Gasteiger partial charge in [0.2, 0.25) is 0 Å². The third-order valence-corrected chi connectivity index (χ3v) is 0. The van der Waals surface area contributed by atoms with Crippen molar-refractivity contribution in [3.8, 4) is 0 Å². The second kappa shape index (κ2) is 9.62. The summed E-state index contributed by atoms with van der Waals surface area (Å²) in [4.78, 5) is 34.3. The molecule has 0 fully saturated rings. The van der Waals surface area contributed by atoms with Crippen LogP contribution >= 0.6 is 0 Å². The van der Waals surface area contributed by atoms with Crippen LogP contribution in [0.1, 0.15) is 0 Å². The molecular weight excluding hydrogens is 183 g/mol. The number of hydrogen-bond acceptors (Lipinski definition) is 4. The molecule has 0 N–H and O–H groups in total. The molecule has 0 heterocycles. The minimum atomic E-state index is -5.61. The SMILES string of the molecule is [Al+3].[Ca+2].[Mg+2].[O-][Si]([O-])([O-])[O-]. The Morgan fingerprint density at radius 3 is 0.875 bits per heavy atom. The van der Waals surface area contributed by atoms with E-state index in [9.17, 15) is 0 Å². The normalized spacial score (nSPS) is 7.50. The first-order valence-corrected chi connectivity index (χ1v) is 2.45. The zero-order valence-corrected chi connectivity index (χ0v) is 9.90. The molecule has 0 aromatic carbocycles. The van der Waals surface area contributed by atoms with Crippen molar-refractivity contribution in [3.05, 3.63) is 0 Å². The molecule has 0 aliphatic carbocycles. The predicted molar refractivity (Wildman–Crippen MR) is 23.0 cm³/mol. The Kier molecular flexibility index (Phi) is 27.0. The third kappa shape index (κ3) is 73.0. The van der Waals surface area contributed by atoms with Crippen LogP contribution in [-0.2, 0) is 0 Å². The Morgan fingerprint density at radius 1 is 0.875 bits per heavy atom. The maximum Gasteiger partial charge on any atom is 3.00 e. The summed E-state index contributed by atoms with van der Waals surface area (Å²) in [5.41, 5.74) is 0. The summed E-state index contributed by atoms with van der Waals surface area (Å²) < 4.78 is 0. The van der Waals surface area contributed by atoms with E-state index in [4.69, 9.17) is 19.2 Å². The van der Waals surface area contributed by atoms with E-state index >= 15 is 0 Å². The van der Waals surface area contributed by atoms with Gasteiger partial charge >= 0.3 is 78.2 Å². The largest absolute Gasteiger partial charge is 3.00 e. The third-order valence-electron chi connectivity index (χ3n) is 0. The van der Waals surface area contributed by atoms with Crippen molar-refractivity contribution < 1.29 is 19.2 Å². The average Bonchev–Trinajstić information content (AvgIpc) is 0.722. The average molecular weight is 183 g/mol. The summed E-state index contributed by atoms with van der Waals surface area (Å²) in [7, 11) is -5.61. The number of hydrogen-bond donors (Lipinski definition) is 0. The van der Waals surface area contributed by atoms with E-state index in [1.165, 1.54) is 0 Å². The monoisotopic (exact) mass is 183 g/mol. The molecule has 0 unspecified atom stereocenters. The Morgan fingerprint density at radius 2 is 0.875 bits per heavy atom. The van der Waals surface area contributed by atoms with Crippen LogP contribution in [0.3, 0.4) is 0 Å². The molecule has 8 heavy (non-hydrogen) atoms. The van der Waals surface area contributed by atoms with Crippen LogP contribution in [0, 0.1) is 0 Å². The molecule has 0 spiro atoms. The molecule has 0 saturated carbocycles. The molecule has 0 rings (SSSR count). The molecule has 4 nitrogen and oxygen atoms in total. The summed E-state index contributed by atoms with van der Waals surface area (Å²) >= 11 is 0. The van der Waals surface area contributed by atoms with Gasteiger partial charge in [0.15, 0.2) is 0 Å². The van der Waals surface area contributed by atoms with E-state index in [1.54, 1.807) is 0 Å². The van der Waals surface area contributed by atoms with Crippen molar-refractivity contribution in [2.45, 2.75) is 0 Å². The van der Waals surface area contributed by atoms with Crippen molar-refractivity contribution in [1.29, 1.82) is 0 Å². The summed E-state index contributed by atoms with van der Waals surface area (Å²) in [6.07, 6.45) is 0. The first-order chi connectivity index (χ1) is 2.00. The second-order valence-corrected chi connectivity index (χ2v) is 1.50. The van der Waals surface area contributed by atoms with Gasteiger partial charge < -0.3 is 28.2 Å². The summed E-state index contributed by atoms with van der Waals surface area (Å²) in [5, 5.41) is 0. The van der Waals surface area contributed by atoms with E-state index < -0.39 is 9.05 Å². The predicted octanol–water partition coefficient (Wildman–Crippen LogP) is -6.28. The molecule has 0 aromatic heterocycles. The van der Waals surface area contributed by atoms with Crippen LogP contribution in [0.15, 0.2) is 0 Å². The molecular formula is AlCaMgO4Si+3. The molecule has 0 bridgehead atoms. The van der Waals surface area contributed by atoms with Gasteiger partial charge in [-0.3, -0.25) is 0 Å². The summed E-state index contributed by atoms with van der Waals surface area (Å²) in [6, 6.07) is 0. The molecule has 0 aliphatic rings. The van der Waals surface area contributed by atoms with Crippen LogP contribution < -0.4 is 19.2 Å². The Balaban J connectivity index is -0.0000000267. The van der Waals surface area contributed by atoms with E-state index in [0.29, 0.717) is 0 Å². The Hall–Kier alpha value is 2.62. The van der Waals surface area contributed by atoms with Gasteiger partial charge in [0.1, 0.15) is 0 Å². The first-order valence-electron chi connectivity index (χ1n) is 0.816. The molecule has 0 aromatic rings. The van der Waals surface area contributed by atoms with Gasteiger partial charge in [-0.25, -0.2) is 0 Å². The van der Waals surface area contributed by atoms with Gasteiger partial charge in [0, 0.05) is 0 Å². The fourth-order valence-corrected chi connectivity index (χ4v) is 0. The molecule has 0 radical (unpaired) electrons. The van der Waals surface area contributed by atoms with Crippen molar-refractivity contribution in [3.63, 3.8) is 0 Å². The molecule has 8 heteroatoms. The van der Waals surface area contributed by atoms with Crippen LogP contribution in [-0.4, -0.2) is 87.2 Å². The van der Waals surface area contributed by atoms with E-state index in [1.807, 2.05) is 0 Å². The van der Waals surface area contributed by atoms with Gasteiger partial charge in [-0.15, -0.1) is 0 Å².